The number of carbonyl (C=O) groups is 1. The summed E-state index contributed by atoms with van der Waals surface area (Å²) in [7, 11) is 1.49. The van der Waals surface area contributed by atoms with E-state index in [-0.39, 0.29) is 23.8 Å². The van der Waals surface area contributed by atoms with E-state index >= 15 is 0 Å². The van der Waals surface area contributed by atoms with E-state index in [0.717, 1.165) is 19.3 Å². The van der Waals surface area contributed by atoms with E-state index in [0.29, 0.717) is 12.6 Å². The molecule has 0 saturated carbocycles. The molecule has 0 radical (unpaired) electrons. The third-order valence-corrected chi connectivity index (χ3v) is 5.83. The second-order valence-corrected chi connectivity index (χ2v) is 7.36. The summed E-state index contributed by atoms with van der Waals surface area (Å²) in [5.41, 5.74) is 1.24. The molecular weight excluding hydrogens is 389 g/mol. The highest BCUT2D eigenvalue weighted by Crippen LogP contribution is 2.47. The molecule has 22 heavy (non-hydrogen) atoms. The number of terminal acetylenes is 1. The van der Waals surface area contributed by atoms with Gasteiger partial charge < -0.3 is 4.74 Å². The summed E-state index contributed by atoms with van der Waals surface area (Å²) in [5.74, 6) is 2.77. The highest BCUT2D eigenvalue weighted by molar-refractivity contribution is 14.1. The first kappa shape index (κ1) is 15.8. The highest BCUT2D eigenvalue weighted by atomic mass is 127. The van der Waals surface area contributed by atoms with E-state index in [1.165, 1.54) is 16.2 Å². The van der Waals surface area contributed by atoms with Crippen molar-refractivity contribution in [1.82, 2.24) is 4.90 Å². The van der Waals surface area contributed by atoms with Crippen molar-refractivity contribution in [2.75, 3.05) is 13.7 Å². The maximum atomic E-state index is 12.5. The van der Waals surface area contributed by atoms with Crippen molar-refractivity contribution in [2.45, 2.75) is 37.3 Å². The van der Waals surface area contributed by atoms with E-state index < -0.39 is 0 Å². The van der Waals surface area contributed by atoms with Gasteiger partial charge in [-0.05, 0) is 59.5 Å². The van der Waals surface area contributed by atoms with Crippen molar-refractivity contribution >= 4 is 28.6 Å². The fraction of sp³-hybridized carbons (Fsp3) is 0.500. The zero-order chi connectivity index (χ0) is 15.7. The summed E-state index contributed by atoms with van der Waals surface area (Å²) in [6.07, 6.45) is 8.66. The maximum absolute atomic E-state index is 12.5. The van der Waals surface area contributed by atoms with Gasteiger partial charge in [0.2, 0.25) is 0 Å². The monoisotopic (exact) mass is 409 g/mol. The first-order chi connectivity index (χ1) is 10.7. The summed E-state index contributed by atoms with van der Waals surface area (Å²) >= 11 is 2.31. The molecular formula is C18H20INO2. The second-order valence-electron chi connectivity index (χ2n) is 6.12. The van der Waals surface area contributed by atoms with Crippen molar-refractivity contribution in [2.24, 2.45) is 5.92 Å². The maximum Gasteiger partial charge on any atom is 0.310 e. The SMILES string of the molecule is C#CCN1[C@H]2CC[C@@H]1[C@@H](C(=O)OC)[C@@H](c1ccc(I)cc1)C2. The van der Waals surface area contributed by atoms with Gasteiger partial charge in [-0.15, -0.1) is 6.42 Å². The number of rotatable bonds is 3. The molecule has 2 bridgehead atoms. The van der Waals surface area contributed by atoms with E-state index in [2.05, 4.69) is 57.7 Å². The van der Waals surface area contributed by atoms with Gasteiger partial charge in [0.25, 0.3) is 0 Å². The molecule has 3 nitrogen and oxygen atoms in total. The van der Waals surface area contributed by atoms with Gasteiger partial charge in [-0.3, -0.25) is 9.69 Å². The third kappa shape index (κ3) is 2.77. The molecule has 0 amide bonds. The van der Waals surface area contributed by atoms with Gasteiger partial charge in [-0.25, -0.2) is 0 Å². The zero-order valence-corrected chi connectivity index (χ0v) is 14.8. The molecule has 2 heterocycles. The Balaban J connectivity index is 1.94. The van der Waals surface area contributed by atoms with Gasteiger partial charge in [0, 0.05) is 21.6 Å². The smallest absolute Gasteiger partial charge is 0.310 e. The molecule has 4 atom stereocenters. The Morgan fingerprint density at radius 3 is 2.77 bits per heavy atom. The second kappa shape index (κ2) is 6.59. The summed E-state index contributed by atoms with van der Waals surface area (Å²) in [4.78, 5) is 14.8. The Bertz CT molecular complexity index is 592. The van der Waals surface area contributed by atoms with Crippen LogP contribution in [0.1, 0.15) is 30.7 Å². The summed E-state index contributed by atoms with van der Waals surface area (Å²) in [6, 6.07) is 9.23. The molecule has 0 N–H and O–H groups in total. The van der Waals surface area contributed by atoms with Crippen molar-refractivity contribution in [3.05, 3.63) is 33.4 Å². The van der Waals surface area contributed by atoms with Gasteiger partial charge in [-0.2, -0.15) is 0 Å². The lowest BCUT2D eigenvalue weighted by atomic mass is 9.76. The highest BCUT2D eigenvalue weighted by Gasteiger charge is 2.50. The van der Waals surface area contributed by atoms with Gasteiger partial charge >= 0.3 is 5.97 Å². The molecule has 1 aromatic rings. The lowest BCUT2D eigenvalue weighted by molar-refractivity contribution is -0.150. The molecule has 3 rings (SSSR count). The lowest BCUT2D eigenvalue weighted by Crippen LogP contribution is -2.51. The van der Waals surface area contributed by atoms with Crippen LogP contribution in [0.2, 0.25) is 0 Å². The number of benzene rings is 1. The quantitative estimate of drug-likeness (QED) is 0.437. The van der Waals surface area contributed by atoms with E-state index in [9.17, 15) is 4.79 Å². The predicted molar refractivity (Wildman–Crippen MR) is 94.4 cm³/mol. The lowest BCUT2D eigenvalue weighted by Gasteiger charge is -2.42. The first-order valence-corrected chi connectivity index (χ1v) is 8.76. The number of carbonyl (C=O) groups excluding carboxylic acids is 1. The molecule has 0 spiro atoms. The molecule has 2 fully saturated rings. The number of hydrogen-bond acceptors (Lipinski definition) is 3. The largest absolute Gasteiger partial charge is 0.469 e. The van der Waals surface area contributed by atoms with Crippen LogP contribution in [0.15, 0.2) is 24.3 Å². The van der Waals surface area contributed by atoms with Gasteiger partial charge in [0.15, 0.2) is 0 Å². The standard InChI is InChI=1S/C18H20INO2/c1-3-10-20-14-8-9-16(20)17(18(21)22-2)15(11-14)12-4-6-13(19)7-5-12/h1,4-7,14-17H,8-11H2,2H3/t14-,15+,16+,17-/m0/s1. The molecule has 2 saturated heterocycles. The minimum atomic E-state index is -0.114. The molecule has 2 aliphatic rings. The molecule has 116 valence electrons. The topological polar surface area (TPSA) is 29.5 Å². The fourth-order valence-electron chi connectivity index (χ4n) is 4.18. The average Bonchev–Trinajstić information content (AvgIpc) is 2.80. The molecule has 1 aromatic carbocycles. The molecule has 0 unspecified atom stereocenters. The third-order valence-electron chi connectivity index (χ3n) is 5.11. The van der Waals surface area contributed by atoms with Crippen LogP contribution in [0.25, 0.3) is 0 Å². The van der Waals surface area contributed by atoms with Crippen LogP contribution in [0.4, 0.5) is 0 Å². The number of fused-ring (bicyclic) bond motifs is 2. The number of halogens is 1. The Labute approximate surface area is 145 Å². The van der Waals surface area contributed by atoms with Crippen molar-refractivity contribution in [1.29, 1.82) is 0 Å². The van der Waals surface area contributed by atoms with E-state index in [1.807, 2.05) is 0 Å². The number of nitrogens with zero attached hydrogens (tertiary/aromatic N) is 1. The van der Waals surface area contributed by atoms with Gasteiger partial charge in [0.05, 0.1) is 19.6 Å². The minimum Gasteiger partial charge on any atom is -0.469 e. The molecule has 0 aliphatic carbocycles. The number of esters is 1. The van der Waals surface area contributed by atoms with Crippen LogP contribution in [-0.4, -0.2) is 36.6 Å². The summed E-state index contributed by atoms with van der Waals surface area (Å²) in [5, 5.41) is 0. The van der Waals surface area contributed by atoms with Crippen LogP contribution in [-0.2, 0) is 9.53 Å². The zero-order valence-electron chi connectivity index (χ0n) is 12.7. The Morgan fingerprint density at radius 1 is 1.41 bits per heavy atom. The number of ether oxygens (including phenoxy) is 1. The van der Waals surface area contributed by atoms with Crippen LogP contribution in [0, 0.1) is 21.8 Å². The summed E-state index contributed by atoms with van der Waals surface area (Å²) < 4.78 is 6.34. The molecule has 2 aliphatic heterocycles. The molecule has 0 aromatic heterocycles. The molecule has 4 heteroatoms. The van der Waals surface area contributed by atoms with Crippen LogP contribution >= 0.6 is 22.6 Å². The van der Waals surface area contributed by atoms with Crippen LogP contribution in [0.5, 0.6) is 0 Å². The Hall–Kier alpha value is -1.06. The Kier molecular flexibility index (Phi) is 4.74. The van der Waals surface area contributed by atoms with Crippen molar-refractivity contribution < 1.29 is 9.53 Å². The minimum absolute atomic E-state index is 0.101. The fourth-order valence-corrected chi connectivity index (χ4v) is 4.53. The number of piperidine rings is 1. The Morgan fingerprint density at radius 2 is 2.14 bits per heavy atom. The van der Waals surface area contributed by atoms with Crippen LogP contribution in [0.3, 0.4) is 0 Å². The van der Waals surface area contributed by atoms with Crippen molar-refractivity contribution in [3.8, 4) is 12.3 Å². The normalized spacial score (nSPS) is 30.8. The number of hydrogen-bond donors (Lipinski definition) is 0. The predicted octanol–water partition coefficient (Wildman–Crippen LogP) is 3.03. The number of methoxy groups -OCH3 is 1. The summed E-state index contributed by atoms with van der Waals surface area (Å²) in [6.45, 7) is 0.627. The van der Waals surface area contributed by atoms with E-state index in [4.69, 9.17) is 11.2 Å². The van der Waals surface area contributed by atoms with Crippen molar-refractivity contribution in [3.63, 3.8) is 0 Å². The van der Waals surface area contributed by atoms with Gasteiger partial charge in [-0.1, -0.05) is 18.1 Å². The van der Waals surface area contributed by atoms with Gasteiger partial charge in [0.1, 0.15) is 0 Å². The van der Waals surface area contributed by atoms with E-state index in [1.54, 1.807) is 0 Å². The first-order valence-electron chi connectivity index (χ1n) is 7.68. The van der Waals surface area contributed by atoms with Crippen LogP contribution < -0.4 is 0 Å². The average molecular weight is 409 g/mol.